The van der Waals surface area contributed by atoms with E-state index in [1.807, 2.05) is 36.4 Å². The Kier molecular flexibility index (Phi) is 4.25. The SMILES string of the molecule is NC(=O)N(c1ccc(F)cc1)c1n[nH]c2cc(Cl)c(-c3ccccc3)cc12. The Morgan fingerprint density at radius 2 is 1.78 bits per heavy atom. The van der Waals surface area contributed by atoms with Gasteiger partial charge in [0.05, 0.1) is 16.2 Å². The van der Waals surface area contributed by atoms with Crippen molar-refractivity contribution in [2.24, 2.45) is 5.73 Å². The summed E-state index contributed by atoms with van der Waals surface area (Å²) in [7, 11) is 0. The predicted molar refractivity (Wildman–Crippen MR) is 105 cm³/mol. The Bertz CT molecular complexity index is 1130. The Balaban J connectivity index is 1.90. The van der Waals surface area contributed by atoms with Crippen LogP contribution in [0, 0.1) is 5.82 Å². The molecule has 0 radical (unpaired) electrons. The first kappa shape index (κ1) is 17.1. The largest absolute Gasteiger partial charge is 0.351 e. The summed E-state index contributed by atoms with van der Waals surface area (Å²) in [6.07, 6.45) is 0. The monoisotopic (exact) mass is 380 g/mol. The van der Waals surface area contributed by atoms with Gasteiger partial charge < -0.3 is 5.73 Å². The Morgan fingerprint density at radius 1 is 1.07 bits per heavy atom. The van der Waals surface area contributed by atoms with Crippen molar-refractivity contribution in [2.45, 2.75) is 0 Å². The van der Waals surface area contributed by atoms with Crippen LogP contribution in [-0.2, 0) is 0 Å². The number of nitrogens with two attached hydrogens (primary N) is 1. The van der Waals surface area contributed by atoms with Gasteiger partial charge in [0.15, 0.2) is 5.82 Å². The van der Waals surface area contributed by atoms with Crippen LogP contribution in [0.4, 0.5) is 20.7 Å². The first-order valence-corrected chi connectivity index (χ1v) is 8.50. The molecule has 4 aromatic rings. The minimum Gasteiger partial charge on any atom is -0.351 e. The summed E-state index contributed by atoms with van der Waals surface area (Å²) in [6, 6.07) is 18.0. The van der Waals surface area contributed by atoms with Gasteiger partial charge in [-0.2, -0.15) is 5.10 Å². The number of nitrogens with one attached hydrogen (secondary N) is 1. The molecule has 0 atom stereocenters. The van der Waals surface area contributed by atoms with Gasteiger partial charge in [-0.05, 0) is 42.0 Å². The van der Waals surface area contributed by atoms with Crippen molar-refractivity contribution in [3.05, 3.63) is 77.6 Å². The lowest BCUT2D eigenvalue weighted by molar-refractivity contribution is 0.256. The van der Waals surface area contributed by atoms with Gasteiger partial charge in [-0.15, -0.1) is 0 Å². The van der Waals surface area contributed by atoms with Gasteiger partial charge in [0.25, 0.3) is 0 Å². The van der Waals surface area contributed by atoms with Gasteiger partial charge in [-0.25, -0.2) is 14.1 Å². The van der Waals surface area contributed by atoms with Crippen molar-refractivity contribution >= 4 is 40.0 Å². The molecule has 3 aromatic carbocycles. The molecule has 0 spiro atoms. The maximum absolute atomic E-state index is 13.3. The van der Waals surface area contributed by atoms with Gasteiger partial charge >= 0.3 is 6.03 Å². The summed E-state index contributed by atoms with van der Waals surface area (Å²) in [5, 5.41) is 8.33. The van der Waals surface area contributed by atoms with Crippen LogP contribution >= 0.6 is 11.6 Å². The number of hydrogen-bond donors (Lipinski definition) is 2. The fourth-order valence-electron chi connectivity index (χ4n) is 2.98. The molecule has 0 unspecified atom stereocenters. The summed E-state index contributed by atoms with van der Waals surface area (Å²) < 4.78 is 13.3. The summed E-state index contributed by atoms with van der Waals surface area (Å²) in [5.41, 5.74) is 8.38. The lowest BCUT2D eigenvalue weighted by Crippen LogP contribution is -2.31. The smallest absolute Gasteiger partial charge is 0.325 e. The van der Waals surface area contributed by atoms with Crippen LogP contribution in [0.1, 0.15) is 0 Å². The number of H-pyrrole nitrogens is 1. The zero-order valence-electron chi connectivity index (χ0n) is 14.0. The lowest BCUT2D eigenvalue weighted by atomic mass is 10.0. The maximum atomic E-state index is 13.3. The van der Waals surface area contributed by atoms with E-state index < -0.39 is 11.8 Å². The quantitative estimate of drug-likeness (QED) is 0.510. The number of halogens is 2. The molecule has 2 amide bonds. The molecule has 0 saturated carbocycles. The van der Waals surface area contributed by atoms with Crippen molar-refractivity contribution in [3.63, 3.8) is 0 Å². The third-order valence-corrected chi connectivity index (χ3v) is 4.54. The minimum absolute atomic E-state index is 0.318. The maximum Gasteiger partial charge on any atom is 0.325 e. The van der Waals surface area contributed by atoms with E-state index in [0.29, 0.717) is 27.4 Å². The van der Waals surface area contributed by atoms with Gasteiger partial charge in [0, 0.05) is 10.9 Å². The highest BCUT2D eigenvalue weighted by Gasteiger charge is 2.22. The number of aromatic amines is 1. The molecule has 0 aliphatic carbocycles. The molecule has 0 fully saturated rings. The average molecular weight is 381 g/mol. The van der Waals surface area contributed by atoms with Crippen molar-refractivity contribution < 1.29 is 9.18 Å². The van der Waals surface area contributed by atoms with E-state index in [-0.39, 0.29) is 0 Å². The Morgan fingerprint density at radius 3 is 2.44 bits per heavy atom. The molecule has 1 heterocycles. The van der Waals surface area contributed by atoms with Crippen LogP contribution in [0.2, 0.25) is 5.02 Å². The summed E-state index contributed by atoms with van der Waals surface area (Å²) in [5.74, 6) is -0.0915. The molecule has 134 valence electrons. The normalized spacial score (nSPS) is 10.9. The van der Waals surface area contributed by atoms with E-state index in [1.54, 1.807) is 6.07 Å². The number of amides is 2. The second-order valence-corrected chi connectivity index (χ2v) is 6.35. The van der Waals surface area contributed by atoms with E-state index in [4.69, 9.17) is 17.3 Å². The van der Waals surface area contributed by atoms with Crippen LogP contribution in [0.15, 0.2) is 66.7 Å². The fourth-order valence-corrected chi connectivity index (χ4v) is 3.25. The second kappa shape index (κ2) is 6.74. The molecule has 4 rings (SSSR count). The molecule has 0 aliphatic heterocycles. The molecule has 0 saturated heterocycles. The van der Waals surface area contributed by atoms with Crippen LogP contribution in [0.5, 0.6) is 0 Å². The van der Waals surface area contributed by atoms with Crippen LogP contribution in [-0.4, -0.2) is 16.2 Å². The topological polar surface area (TPSA) is 75.0 Å². The molecule has 0 bridgehead atoms. The minimum atomic E-state index is -0.730. The molecule has 0 aliphatic rings. The van der Waals surface area contributed by atoms with Gasteiger partial charge in [-0.3, -0.25) is 5.10 Å². The summed E-state index contributed by atoms with van der Waals surface area (Å²) in [4.78, 5) is 13.3. The third-order valence-electron chi connectivity index (χ3n) is 4.23. The molecule has 27 heavy (non-hydrogen) atoms. The number of primary amides is 1. The molecule has 7 heteroatoms. The first-order valence-electron chi connectivity index (χ1n) is 8.13. The highest BCUT2D eigenvalue weighted by atomic mass is 35.5. The van der Waals surface area contributed by atoms with Crippen molar-refractivity contribution in [3.8, 4) is 11.1 Å². The Hall–Kier alpha value is -3.38. The van der Waals surface area contributed by atoms with Crippen molar-refractivity contribution in [2.75, 3.05) is 4.90 Å². The zero-order chi connectivity index (χ0) is 19.0. The number of anilines is 2. The fraction of sp³-hybridized carbons (Fsp3) is 0. The van der Waals surface area contributed by atoms with Gasteiger partial charge in [-0.1, -0.05) is 41.9 Å². The number of fused-ring (bicyclic) bond motifs is 1. The number of hydrogen-bond acceptors (Lipinski definition) is 2. The lowest BCUT2D eigenvalue weighted by Gasteiger charge is -2.18. The number of aromatic nitrogens is 2. The van der Waals surface area contributed by atoms with E-state index in [2.05, 4.69) is 10.2 Å². The van der Waals surface area contributed by atoms with Gasteiger partial charge in [0.2, 0.25) is 0 Å². The highest BCUT2D eigenvalue weighted by molar-refractivity contribution is 6.34. The molecular weight excluding hydrogens is 367 g/mol. The Labute approximate surface area is 159 Å². The number of carbonyl (C=O) groups excluding carboxylic acids is 1. The number of benzene rings is 3. The number of nitrogens with zero attached hydrogens (tertiary/aromatic N) is 2. The molecule has 1 aromatic heterocycles. The first-order chi connectivity index (χ1) is 13.0. The second-order valence-electron chi connectivity index (χ2n) is 5.94. The number of rotatable bonds is 3. The van der Waals surface area contributed by atoms with Crippen LogP contribution in [0.3, 0.4) is 0 Å². The van der Waals surface area contributed by atoms with E-state index in [9.17, 15) is 9.18 Å². The van der Waals surface area contributed by atoms with E-state index >= 15 is 0 Å². The molecular formula is C20H14ClFN4O. The standard InChI is InChI=1S/C20H14ClFN4O/c21-17-11-18-16(10-15(17)12-4-2-1-3-5-12)19(25-24-18)26(20(23)27)14-8-6-13(22)7-9-14/h1-11H,(H2,23,27)(H,24,25). The van der Waals surface area contributed by atoms with Crippen LogP contribution < -0.4 is 10.6 Å². The van der Waals surface area contributed by atoms with Crippen molar-refractivity contribution in [1.29, 1.82) is 0 Å². The summed E-state index contributed by atoms with van der Waals surface area (Å²) >= 11 is 6.43. The molecule has 5 nitrogen and oxygen atoms in total. The van der Waals surface area contributed by atoms with Gasteiger partial charge in [0.1, 0.15) is 5.82 Å². The van der Waals surface area contributed by atoms with Crippen LogP contribution in [0.25, 0.3) is 22.0 Å². The average Bonchev–Trinajstić information content (AvgIpc) is 3.05. The molecule has 3 N–H and O–H groups in total. The highest BCUT2D eigenvalue weighted by Crippen LogP contribution is 2.37. The zero-order valence-corrected chi connectivity index (χ0v) is 14.7. The predicted octanol–water partition coefficient (Wildman–Crippen LogP) is 5.24. The summed E-state index contributed by atoms with van der Waals surface area (Å²) in [6.45, 7) is 0. The van der Waals surface area contributed by atoms with Crippen molar-refractivity contribution in [1.82, 2.24) is 10.2 Å². The number of urea groups is 1. The third kappa shape index (κ3) is 3.11. The van der Waals surface area contributed by atoms with E-state index in [1.165, 1.54) is 29.2 Å². The van der Waals surface area contributed by atoms with E-state index in [0.717, 1.165) is 11.1 Å². The number of carbonyl (C=O) groups is 1.